The molecule has 0 fully saturated rings. The predicted octanol–water partition coefficient (Wildman–Crippen LogP) is 1.92. The zero-order chi connectivity index (χ0) is 12.6. The lowest BCUT2D eigenvalue weighted by Crippen LogP contribution is -1.99. The Bertz CT molecular complexity index is 409. The van der Waals surface area contributed by atoms with E-state index in [9.17, 15) is 5.11 Å². The van der Waals surface area contributed by atoms with Crippen molar-refractivity contribution in [2.45, 2.75) is 6.92 Å². The first-order valence-electron chi connectivity index (χ1n) is 4.58. The molecule has 0 aromatic heterocycles. The fourth-order valence-corrected chi connectivity index (χ4v) is 0.701. The molecule has 0 heterocycles. The Labute approximate surface area is 94.9 Å². The monoisotopic (exact) mass is 220 g/mol. The maximum Gasteiger partial charge on any atom is 0.138 e. The van der Waals surface area contributed by atoms with E-state index in [0.717, 1.165) is 0 Å². The molecule has 0 unspecified atom stereocenters. The number of allylic oxidation sites excluding steroid dienone is 4. The van der Waals surface area contributed by atoms with Crippen LogP contribution < -0.4 is 11.5 Å². The summed E-state index contributed by atoms with van der Waals surface area (Å²) in [5.41, 5.74) is 13.9. The van der Waals surface area contributed by atoms with Gasteiger partial charge in [-0.25, -0.2) is 0 Å². The Morgan fingerprint density at radius 2 is 1.94 bits per heavy atom. The fourth-order valence-electron chi connectivity index (χ4n) is 0.701. The SMILES string of the molecule is C=C/C(O)=C(/N)C=C=C/C=C(O)\C(N)=C/C. The van der Waals surface area contributed by atoms with E-state index < -0.39 is 0 Å². The van der Waals surface area contributed by atoms with Gasteiger partial charge in [-0.05, 0) is 25.2 Å². The van der Waals surface area contributed by atoms with Gasteiger partial charge < -0.3 is 21.7 Å². The van der Waals surface area contributed by atoms with Gasteiger partial charge in [0.1, 0.15) is 11.5 Å². The average molecular weight is 220 g/mol. The topological polar surface area (TPSA) is 92.5 Å². The van der Waals surface area contributed by atoms with Crippen molar-refractivity contribution in [1.82, 2.24) is 0 Å². The van der Waals surface area contributed by atoms with Crippen LogP contribution in [0.15, 0.2) is 65.6 Å². The third kappa shape index (κ3) is 4.79. The standard InChI is InChI=1S/C12H16N2O2/c1-3-9(13)12(16)8-6-5-7-10(14)11(15)4-2/h3-4,6-8,15-16H,2,13-14H2,1H3/b9-3+,11-10-,12-8+. The highest BCUT2D eigenvalue weighted by molar-refractivity contribution is 5.27. The molecule has 0 rings (SSSR count). The molecule has 86 valence electrons. The maximum atomic E-state index is 9.31. The highest BCUT2D eigenvalue weighted by Crippen LogP contribution is 1.99. The Hall–Kier alpha value is -2.32. The predicted molar refractivity (Wildman–Crippen MR) is 65.3 cm³/mol. The van der Waals surface area contributed by atoms with Gasteiger partial charge in [0.05, 0.1) is 11.4 Å². The summed E-state index contributed by atoms with van der Waals surface area (Å²) in [5.74, 6) is -0.180. The lowest BCUT2D eigenvalue weighted by molar-refractivity contribution is 0.422. The number of nitrogens with two attached hydrogens (primary N) is 2. The molecule has 0 aromatic rings. The number of rotatable bonds is 4. The number of aliphatic hydroxyl groups excluding tert-OH is 2. The summed E-state index contributed by atoms with van der Waals surface area (Å²) in [4.78, 5) is 0. The van der Waals surface area contributed by atoms with E-state index in [4.69, 9.17) is 16.6 Å². The van der Waals surface area contributed by atoms with Crippen molar-refractivity contribution in [3.8, 4) is 0 Å². The van der Waals surface area contributed by atoms with Gasteiger partial charge in [0.2, 0.25) is 0 Å². The average Bonchev–Trinajstić information content (AvgIpc) is 2.31. The largest absolute Gasteiger partial charge is 0.506 e. The summed E-state index contributed by atoms with van der Waals surface area (Å²) in [6, 6.07) is 0. The van der Waals surface area contributed by atoms with Gasteiger partial charge in [0, 0.05) is 6.08 Å². The smallest absolute Gasteiger partial charge is 0.138 e. The minimum Gasteiger partial charge on any atom is -0.506 e. The van der Waals surface area contributed by atoms with Crippen LogP contribution in [0.4, 0.5) is 0 Å². The van der Waals surface area contributed by atoms with Crippen LogP contribution >= 0.6 is 0 Å². The summed E-state index contributed by atoms with van der Waals surface area (Å²) in [6.07, 6.45) is 6.94. The number of hydrogen-bond donors (Lipinski definition) is 4. The summed E-state index contributed by atoms with van der Waals surface area (Å²) in [6.45, 7) is 5.06. The number of hydrogen-bond acceptors (Lipinski definition) is 4. The Kier molecular flexibility index (Phi) is 6.02. The molecule has 0 amide bonds. The van der Waals surface area contributed by atoms with E-state index in [0.29, 0.717) is 0 Å². The molecule has 0 aliphatic rings. The van der Waals surface area contributed by atoms with Crippen molar-refractivity contribution < 1.29 is 10.2 Å². The maximum absolute atomic E-state index is 9.31. The Morgan fingerprint density at radius 1 is 1.31 bits per heavy atom. The molecule has 16 heavy (non-hydrogen) atoms. The molecule has 0 aliphatic carbocycles. The van der Waals surface area contributed by atoms with E-state index in [2.05, 4.69) is 12.3 Å². The third-order valence-corrected chi connectivity index (χ3v) is 1.67. The van der Waals surface area contributed by atoms with Gasteiger partial charge in [-0.3, -0.25) is 0 Å². The highest BCUT2D eigenvalue weighted by atomic mass is 16.3. The normalized spacial score (nSPS) is 13.6. The van der Waals surface area contributed by atoms with E-state index in [1.807, 2.05) is 0 Å². The summed E-state index contributed by atoms with van der Waals surface area (Å²) in [7, 11) is 0. The lowest BCUT2D eigenvalue weighted by Gasteiger charge is -1.95. The van der Waals surface area contributed by atoms with Crippen LogP contribution in [0.3, 0.4) is 0 Å². The van der Waals surface area contributed by atoms with Crippen LogP contribution in [0.2, 0.25) is 0 Å². The molecular weight excluding hydrogens is 204 g/mol. The lowest BCUT2D eigenvalue weighted by atomic mass is 10.3. The van der Waals surface area contributed by atoms with E-state index in [1.165, 1.54) is 24.3 Å². The van der Waals surface area contributed by atoms with Gasteiger partial charge in [0.15, 0.2) is 0 Å². The zero-order valence-electron chi connectivity index (χ0n) is 9.14. The molecule has 0 aliphatic heterocycles. The van der Waals surface area contributed by atoms with Gasteiger partial charge in [0.25, 0.3) is 0 Å². The van der Waals surface area contributed by atoms with Crippen LogP contribution in [-0.2, 0) is 0 Å². The summed E-state index contributed by atoms with van der Waals surface area (Å²) in [5, 5.41) is 18.4. The van der Waals surface area contributed by atoms with E-state index in [1.54, 1.807) is 13.0 Å². The Balaban J connectivity index is 4.77. The molecule has 0 saturated heterocycles. The molecule has 4 heteroatoms. The first-order chi connectivity index (χ1) is 7.52. The van der Waals surface area contributed by atoms with Crippen LogP contribution in [-0.4, -0.2) is 10.2 Å². The quantitative estimate of drug-likeness (QED) is 0.331. The van der Waals surface area contributed by atoms with Crippen molar-refractivity contribution in [1.29, 1.82) is 0 Å². The molecule has 0 aromatic carbocycles. The third-order valence-electron chi connectivity index (χ3n) is 1.67. The van der Waals surface area contributed by atoms with Crippen molar-refractivity contribution in [2.75, 3.05) is 0 Å². The number of aliphatic hydroxyl groups is 2. The van der Waals surface area contributed by atoms with Gasteiger partial charge in [-0.2, -0.15) is 0 Å². The van der Waals surface area contributed by atoms with Crippen molar-refractivity contribution in [2.24, 2.45) is 11.5 Å². The minimum absolute atomic E-state index is 0.0566. The van der Waals surface area contributed by atoms with Crippen LogP contribution in [0.5, 0.6) is 0 Å². The van der Waals surface area contributed by atoms with Gasteiger partial charge in [-0.1, -0.05) is 12.7 Å². The zero-order valence-corrected chi connectivity index (χ0v) is 9.14. The van der Waals surface area contributed by atoms with Crippen LogP contribution in [0.25, 0.3) is 0 Å². The van der Waals surface area contributed by atoms with Gasteiger partial charge in [-0.15, -0.1) is 5.73 Å². The first kappa shape index (κ1) is 13.7. The van der Waals surface area contributed by atoms with Crippen molar-refractivity contribution in [3.63, 3.8) is 0 Å². The second-order valence-electron chi connectivity index (χ2n) is 2.82. The van der Waals surface area contributed by atoms with E-state index in [-0.39, 0.29) is 22.9 Å². The second kappa shape index (κ2) is 7.04. The minimum atomic E-state index is -0.123. The van der Waals surface area contributed by atoms with Crippen LogP contribution in [0.1, 0.15) is 6.92 Å². The Morgan fingerprint density at radius 3 is 2.44 bits per heavy atom. The molecule has 6 N–H and O–H groups in total. The molecule has 0 spiro atoms. The molecular formula is C12H16N2O2. The summed E-state index contributed by atoms with van der Waals surface area (Å²) < 4.78 is 0. The molecule has 0 atom stereocenters. The fraction of sp³-hybridized carbons (Fsp3) is 0.0833. The van der Waals surface area contributed by atoms with Crippen LogP contribution in [0, 0.1) is 0 Å². The second-order valence-corrected chi connectivity index (χ2v) is 2.82. The molecule has 0 radical (unpaired) electrons. The molecule has 4 nitrogen and oxygen atoms in total. The molecule has 0 saturated carbocycles. The van der Waals surface area contributed by atoms with E-state index >= 15 is 0 Å². The van der Waals surface area contributed by atoms with Gasteiger partial charge >= 0.3 is 0 Å². The van der Waals surface area contributed by atoms with Crippen molar-refractivity contribution >= 4 is 0 Å². The molecule has 0 bridgehead atoms. The summed E-state index contributed by atoms with van der Waals surface area (Å²) >= 11 is 0. The van der Waals surface area contributed by atoms with Crippen molar-refractivity contribution in [3.05, 3.63) is 65.6 Å². The first-order valence-corrected chi connectivity index (χ1v) is 4.58. The highest BCUT2D eigenvalue weighted by Gasteiger charge is 1.91.